The van der Waals surface area contributed by atoms with Crippen LogP contribution in [0.4, 0.5) is 4.39 Å². The summed E-state index contributed by atoms with van der Waals surface area (Å²) < 4.78 is 15.4. The van der Waals surface area contributed by atoms with Gasteiger partial charge in [-0.05, 0) is 47.7 Å². The Labute approximate surface area is 105 Å². The van der Waals surface area contributed by atoms with Gasteiger partial charge in [-0.3, -0.25) is 0 Å². The Bertz CT molecular complexity index is 697. The molecule has 0 aliphatic heterocycles. The first kappa shape index (κ1) is 11.0. The van der Waals surface area contributed by atoms with Crippen LogP contribution >= 0.6 is 0 Å². The van der Waals surface area contributed by atoms with Crippen LogP contribution in [0.3, 0.4) is 0 Å². The van der Waals surface area contributed by atoms with Crippen LogP contribution in [0.25, 0.3) is 10.9 Å². The molecule has 18 heavy (non-hydrogen) atoms. The first-order chi connectivity index (χ1) is 8.74. The number of aryl methyl sites for hydroxylation is 1. The molecule has 3 rings (SSSR count). The molecule has 0 bridgehead atoms. The van der Waals surface area contributed by atoms with E-state index in [2.05, 4.69) is 23.6 Å². The quantitative estimate of drug-likeness (QED) is 0.633. The molecule has 90 valence electrons. The number of fused-ring (bicyclic) bond motifs is 1. The standard InChI is InChI=1S/C16H14FN/c1-12-4-2-3-5-14(12)11-18-9-8-13-6-7-15(17)10-16(13)18/h2-10H,11H2,1H3. The number of hydrogen-bond acceptors (Lipinski definition) is 0. The fourth-order valence-corrected chi connectivity index (χ4v) is 2.27. The SMILES string of the molecule is Cc1ccccc1Cn1ccc2ccc(F)cc21. The lowest BCUT2D eigenvalue weighted by Gasteiger charge is -2.08. The molecular formula is C16H14FN. The second-order valence-electron chi connectivity index (χ2n) is 4.57. The summed E-state index contributed by atoms with van der Waals surface area (Å²) in [5.41, 5.74) is 3.47. The van der Waals surface area contributed by atoms with E-state index in [9.17, 15) is 4.39 Å². The van der Waals surface area contributed by atoms with Gasteiger partial charge in [-0.25, -0.2) is 4.39 Å². The topological polar surface area (TPSA) is 4.93 Å². The van der Waals surface area contributed by atoms with Crippen molar-refractivity contribution in [3.63, 3.8) is 0 Å². The maximum absolute atomic E-state index is 13.3. The van der Waals surface area contributed by atoms with E-state index in [1.165, 1.54) is 17.2 Å². The zero-order valence-electron chi connectivity index (χ0n) is 10.2. The Morgan fingerprint density at radius 1 is 1.06 bits per heavy atom. The average Bonchev–Trinajstić information content (AvgIpc) is 2.75. The summed E-state index contributed by atoms with van der Waals surface area (Å²) in [6.07, 6.45) is 2.01. The largest absolute Gasteiger partial charge is 0.343 e. The molecule has 2 aromatic carbocycles. The third-order valence-corrected chi connectivity index (χ3v) is 3.34. The highest BCUT2D eigenvalue weighted by Gasteiger charge is 2.04. The highest BCUT2D eigenvalue weighted by molar-refractivity contribution is 5.80. The van der Waals surface area contributed by atoms with Gasteiger partial charge < -0.3 is 4.57 Å². The molecule has 0 atom stereocenters. The van der Waals surface area contributed by atoms with Crippen molar-refractivity contribution < 1.29 is 4.39 Å². The van der Waals surface area contributed by atoms with Crippen molar-refractivity contribution in [2.24, 2.45) is 0 Å². The highest BCUT2D eigenvalue weighted by atomic mass is 19.1. The van der Waals surface area contributed by atoms with Gasteiger partial charge in [0.2, 0.25) is 0 Å². The van der Waals surface area contributed by atoms with Crippen LogP contribution < -0.4 is 0 Å². The van der Waals surface area contributed by atoms with Gasteiger partial charge in [0.25, 0.3) is 0 Å². The molecule has 0 saturated carbocycles. The minimum Gasteiger partial charge on any atom is -0.343 e. The van der Waals surface area contributed by atoms with E-state index in [0.717, 1.165) is 17.4 Å². The zero-order valence-corrected chi connectivity index (χ0v) is 10.2. The fraction of sp³-hybridized carbons (Fsp3) is 0.125. The Morgan fingerprint density at radius 3 is 2.72 bits per heavy atom. The van der Waals surface area contributed by atoms with Crippen molar-refractivity contribution in [1.82, 2.24) is 4.57 Å². The van der Waals surface area contributed by atoms with Crippen molar-refractivity contribution in [3.8, 4) is 0 Å². The van der Waals surface area contributed by atoms with Crippen LogP contribution in [-0.4, -0.2) is 4.57 Å². The van der Waals surface area contributed by atoms with Crippen molar-refractivity contribution in [2.75, 3.05) is 0 Å². The smallest absolute Gasteiger partial charge is 0.125 e. The monoisotopic (exact) mass is 239 g/mol. The van der Waals surface area contributed by atoms with Crippen molar-refractivity contribution in [1.29, 1.82) is 0 Å². The van der Waals surface area contributed by atoms with Gasteiger partial charge in [0.05, 0.1) is 5.52 Å². The molecule has 0 spiro atoms. The van der Waals surface area contributed by atoms with E-state index in [0.29, 0.717) is 0 Å². The molecule has 0 aliphatic rings. The number of benzene rings is 2. The van der Waals surface area contributed by atoms with E-state index in [4.69, 9.17) is 0 Å². The second kappa shape index (κ2) is 4.30. The summed E-state index contributed by atoms with van der Waals surface area (Å²) in [6, 6.07) is 15.2. The molecule has 2 heteroatoms. The number of nitrogens with zero attached hydrogens (tertiary/aromatic N) is 1. The molecule has 0 N–H and O–H groups in total. The van der Waals surface area contributed by atoms with Gasteiger partial charge in [0.1, 0.15) is 5.82 Å². The van der Waals surface area contributed by atoms with Crippen LogP contribution in [0.2, 0.25) is 0 Å². The maximum Gasteiger partial charge on any atom is 0.125 e. The van der Waals surface area contributed by atoms with E-state index in [1.54, 1.807) is 6.07 Å². The van der Waals surface area contributed by atoms with Crippen LogP contribution in [0.1, 0.15) is 11.1 Å². The van der Waals surface area contributed by atoms with Gasteiger partial charge in [-0.1, -0.05) is 24.3 Å². The molecule has 1 heterocycles. The van der Waals surface area contributed by atoms with Crippen LogP contribution in [0.15, 0.2) is 54.7 Å². The van der Waals surface area contributed by atoms with Gasteiger partial charge in [-0.15, -0.1) is 0 Å². The average molecular weight is 239 g/mol. The Balaban J connectivity index is 2.05. The number of hydrogen-bond donors (Lipinski definition) is 0. The summed E-state index contributed by atoms with van der Waals surface area (Å²) in [5, 5.41) is 1.07. The molecule has 1 aromatic heterocycles. The van der Waals surface area contributed by atoms with Crippen molar-refractivity contribution in [3.05, 3.63) is 71.7 Å². The van der Waals surface area contributed by atoms with Gasteiger partial charge in [-0.2, -0.15) is 0 Å². The molecule has 0 amide bonds. The third kappa shape index (κ3) is 1.90. The predicted molar refractivity (Wildman–Crippen MR) is 72.2 cm³/mol. The first-order valence-electron chi connectivity index (χ1n) is 6.03. The van der Waals surface area contributed by atoms with E-state index >= 15 is 0 Å². The molecular weight excluding hydrogens is 225 g/mol. The second-order valence-corrected chi connectivity index (χ2v) is 4.57. The predicted octanol–water partition coefficient (Wildman–Crippen LogP) is 4.14. The maximum atomic E-state index is 13.3. The minimum atomic E-state index is -0.188. The summed E-state index contributed by atoms with van der Waals surface area (Å²) >= 11 is 0. The molecule has 0 fully saturated rings. The third-order valence-electron chi connectivity index (χ3n) is 3.34. The molecule has 1 nitrogen and oxygen atoms in total. The Morgan fingerprint density at radius 2 is 1.89 bits per heavy atom. The van der Waals surface area contributed by atoms with Crippen LogP contribution in [0, 0.1) is 12.7 Å². The Kier molecular flexibility index (Phi) is 2.63. The molecule has 0 radical (unpaired) electrons. The lowest BCUT2D eigenvalue weighted by molar-refractivity contribution is 0.628. The summed E-state index contributed by atoms with van der Waals surface area (Å²) in [5.74, 6) is -0.188. The molecule has 0 aliphatic carbocycles. The zero-order chi connectivity index (χ0) is 12.5. The minimum absolute atomic E-state index is 0.188. The van der Waals surface area contributed by atoms with Crippen molar-refractivity contribution in [2.45, 2.75) is 13.5 Å². The lowest BCUT2D eigenvalue weighted by atomic mass is 10.1. The van der Waals surface area contributed by atoms with E-state index in [-0.39, 0.29) is 5.82 Å². The van der Waals surface area contributed by atoms with E-state index in [1.807, 2.05) is 30.5 Å². The van der Waals surface area contributed by atoms with Crippen LogP contribution in [0.5, 0.6) is 0 Å². The van der Waals surface area contributed by atoms with Crippen LogP contribution in [-0.2, 0) is 6.54 Å². The van der Waals surface area contributed by atoms with Gasteiger partial charge >= 0.3 is 0 Å². The van der Waals surface area contributed by atoms with E-state index < -0.39 is 0 Å². The molecule has 0 saturated heterocycles. The lowest BCUT2D eigenvalue weighted by Crippen LogP contribution is -1.99. The Hall–Kier alpha value is -2.09. The summed E-state index contributed by atoms with van der Waals surface area (Å²) in [4.78, 5) is 0. The van der Waals surface area contributed by atoms with Gasteiger partial charge in [0, 0.05) is 12.7 Å². The first-order valence-corrected chi connectivity index (χ1v) is 6.03. The highest BCUT2D eigenvalue weighted by Crippen LogP contribution is 2.19. The number of rotatable bonds is 2. The molecule has 0 unspecified atom stereocenters. The normalized spacial score (nSPS) is 11.0. The molecule has 3 aromatic rings. The number of aromatic nitrogens is 1. The van der Waals surface area contributed by atoms with Gasteiger partial charge in [0.15, 0.2) is 0 Å². The summed E-state index contributed by atoms with van der Waals surface area (Å²) in [7, 11) is 0. The van der Waals surface area contributed by atoms with Crippen molar-refractivity contribution >= 4 is 10.9 Å². The fourth-order valence-electron chi connectivity index (χ4n) is 2.27. The number of halogens is 1. The summed E-state index contributed by atoms with van der Waals surface area (Å²) in [6.45, 7) is 2.88.